The molecule has 0 aliphatic carbocycles. The maximum absolute atomic E-state index is 6.51. The van der Waals surface area contributed by atoms with Gasteiger partial charge in [-0.3, -0.25) is 0 Å². The van der Waals surface area contributed by atoms with Crippen LogP contribution in [0.4, 0.5) is 0 Å². The number of thiazole rings is 1. The summed E-state index contributed by atoms with van der Waals surface area (Å²) in [6.45, 7) is 2.09. The molecule has 0 unspecified atom stereocenters. The molecule has 2 nitrogen and oxygen atoms in total. The molecule has 0 radical (unpaired) electrons. The highest BCUT2D eigenvalue weighted by molar-refractivity contribution is 8.00. The quantitative estimate of drug-likeness (QED) is 0.603. The van der Waals surface area contributed by atoms with Crippen LogP contribution in [0.3, 0.4) is 0 Å². The van der Waals surface area contributed by atoms with E-state index in [1.165, 1.54) is 21.4 Å². The van der Waals surface area contributed by atoms with Gasteiger partial charge < -0.3 is 5.32 Å². The van der Waals surface area contributed by atoms with Crippen molar-refractivity contribution in [3.05, 3.63) is 58.1 Å². The number of nitrogens with one attached hydrogen (secondary N) is 1. The van der Waals surface area contributed by atoms with Crippen LogP contribution in [0.25, 0.3) is 10.2 Å². The smallest absolute Gasteiger partial charge is 0.151 e. The molecule has 126 valence electrons. The molecule has 0 bridgehead atoms. The fourth-order valence-corrected chi connectivity index (χ4v) is 5.49. The molecule has 2 heterocycles. The number of hydrogen-bond donors (Lipinski definition) is 1. The van der Waals surface area contributed by atoms with E-state index >= 15 is 0 Å². The predicted molar refractivity (Wildman–Crippen MR) is 108 cm³/mol. The first-order valence-electron chi connectivity index (χ1n) is 7.79. The third kappa shape index (κ3) is 3.73. The van der Waals surface area contributed by atoms with Crippen LogP contribution < -0.4 is 5.32 Å². The molecular formula is C18H18Cl2N2S2. The summed E-state index contributed by atoms with van der Waals surface area (Å²) in [7, 11) is 0. The van der Waals surface area contributed by atoms with Crippen molar-refractivity contribution in [2.24, 2.45) is 0 Å². The van der Waals surface area contributed by atoms with E-state index in [0.29, 0.717) is 0 Å². The predicted octanol–water partition coefficient (Wildman–Crippen LogP) is 5.35. The molecular weight excluding hydrogens is 379 g/mol. The zero-order chi connectivity index (χ0) is 15.6. The minimum Gasteiger partial charge on any atom is -0.316 e. The van der Waals surface area contributed by atoms with Crippen LogP contribution in [-0.4, -0.2) is 18.1 Å². The highest BCUT2D eigenvalue weighted by Gasteiger charge is 2.15. The van der Waals surface area contributed by atoms with E-state index in [2.05, 4.69) is 35.6 Å². The lowest BCUT2D eigenvalue weighted by Crippen LogP contribution is -2.16. The number of aromatic nitrogens is 1. The molecule has 0 amide bonds. The van der Waals surface area contributed by atoms with Gasteiger partial charge >= 0.3 is 0 Å². The first-order chi connectivity index (χ1) is 11.3. The summed E-state index contributed by atoms with van der Waals surface area (Å²) in [5, 5.41) is 4.36. The fourth-order valence-electron chi connectivity index (χ4n) is 3.02. The van der Waals surface area contributed by atoms with Gasteiger partial charge in [0.15, 0.2) is 4.34 Å². The molecule has 0 saturated heterocycles. The zero-order valence-corrected chi connectivity index (χ0v) is 16.3. The average Bonchev–Trinajstić information content (AvgIpc) is 2.83. The number of benzene rings is 2. The van der Waals surface area contributed by atoms with E-state index in [9.17, 15) is 0 Å². The zero-order valence-electron chi connectivity index (χ0n) is 13.0. The third-order valence-electron chi connectivity index (χ3n) is 4.21. The standard InChI is InChI=1S/C18H17ClN2S2.ClH/c19-15-6-5-12-7-9-20-10-8-13(12)14(15)11-22-18-21-16-3-1-2-4-17(16)23-18;/h1-6,20H,7-11H2;1H. The number of para-hydroxylation sites is 1. The van der Waals surface area contributed by atoms with Crippen LogP contribution >= 0.6 is 47.1 Å². The van der Waals surface area contributed by atoms with Gasteiger partial charge in [-0.2, -0.15) is 0 Å². The normalized spacial score (nSPS) is 14.0. The van der Waals surface area contributed by atoms with Crippen molar-refractivity contribution < 1.29 is 0 Å². The minimum absolute atomic E-state index is 0. The van der Waals surface area contributed by atoms with Crippen LogP contribution in [0.1, 0.15) is 16.7 Å². The first-order valence-corrected chi connectivity index (χ1v) is 9.97. The molecule has 1 N–H and O–H groups in total. The second kappa shape index (κ2) is 8.07. The maximum Gasteiger partial charge on any atom is 0.151 e. The van der Waals surface area contributed by atoms with Crippen LogP contribution in [0.15, 0.2) is 40.7 Å². The highest BCUT2D eigenvalue weighted by atomic mass is 35.5. The van der Waals surface area contributed by atoms with Gasteiger partial charge in [0.2, 0.25) is 0 Å². The van der Waals surface area contributed by atoms with Crippen molar-refractivity contribution in [3.8, 4) is 0 Å². The largest absolute Gasteiger partial charge is 0.316 e. The van der Waals surface area contributed by atoms with Crippen molar-refractivity contribution in [2.45, 2.75) is 22.9 Å². The Morgan fingerprint density at radius 1 is 1.12 bits per heavy atom. The molecule has 4 rings (SSSR count). The van der Waals surface area contributed by atoms with E-state index < -0.39 is 0 Å². The highest BCUT2D eigenvalue weighted by Crippen LogP contribution is 2.35. The average molecular weight is 397 g/mol. The SMILES string of the molecule is Cl.Clc1ccc2c(c1CSc1nc3ccccc3s1)CCNCC2. The summed E-state index contributed by atoms with van der Waals surface area (Å²) in [5.41, 5.74) is 5.26. The van der Waals surface area contributed by atoms with E-state index in [1.54, 1.807) is 23.1 Å². The van der Waals surface area contributed by atoms with Gasteiger partial charge in [-0.05, 0) is 60.8 Å². The summed E-state index contributed by atoms with van der Waals surface area (Å²) >= 11 is 10.1. The topological polar surface area (TPSA) is 24.9 Å². The minimum atomic E-state index is 0. The molecule has 1 aromatic heterocycles. The van der Waals surface area contributed by atoms with E-state index in [1.807, 2.05) is 6.07 Å². The molecule has 3 aromatic rings. The molecule has 1 aliphatic rings. The van der Waals surface area contributed by atoms with Crippen molar-refractivity contribution >= 4 is 57.3 Å². The van der Waals surface area contributed by atoms with Gasteiger partial charge in [-0.15, -0.1) is 23.7 Å². The van der Waals surface area contributed by atoms with Gasteiger partial charge in [-0.25, -0.2) is 4.98 Å². The van der Waals surface area contributed by atoms with Gasteiger partial charge in [0.25, 0.3) is 0 Å². The Hall–Kier alpha value is -0.780. The Morgan fingerprint density at radius 3 is 2.83 bits per heavy atom. The van der Waals surface area contributed by atoms with Gasteiger partial charge in [0.05, 0.1) is 10.2 Å². The number of rotatable bonds is 3. The second-order valence-corrected chi connectivity index (χ2v) is 8.31. The van der Waals surface area contributed by atoms with E-state index in [0.717, 1.165) is 46.6 Å². The summed E-state index contributed by atoms with van der Waals surface area (Å²) in [6.07, 6.45) is 2.15. The number of thioether (sulfide) groups is 1. The summed E-state index contributed by atoms with van der Waals surface area (Å²) in [4.78, 5) is 4.71. The molecule has 0 atom stereocenters. The van der Waals surface area contributed by atoms with Crippen LogP contribution in [0.5, 0.6) is 0 Å². The lowest BCUT2D eigenvalue weighted by Gasteiger charge is -2.13. The summed E-state index contributed by atoms with van der Waals surface area (Å²) < 4.78 is 2.36. The van der Waals surface area contributed by atoms with Crippen molar-refractivity contribution in [2.75, 3.05) is 13.1 Å². The van der Waals surface area contributed by atoms with Crippen molar-refractivity contribution in [3.63, 3.8) is 0 Å². The number of halogens is 2. The number of nitrogens with zero attached hydrogens (tertiary/aromatic N) is 1. The lowest BCUT2D eigenvalue weighted by molar-refractivity contribution is 0.710. The van der Waals surface area contributed by atoms with Gasteiger partial charge in [0, 0.05) is 10.8 Å². The molecule has 1 aliphatic heterocycles. The Bertz CT molecular complexity index is 815. The molecule has 0 fully saturated rings. The monoisotopic (exact) mass is 396 g/mol. The molecule has 0 spiro atoms. The van der Waals surface area contributed by atoms with Crippen LogP contribution in [-0.2, 0) is 18.6 Å². The van der Waals surface area contributed by atoms with Crippen molar-refractivity contribution in [1.29, 1.82) is 0 Å². The Labute approximate surface area is 161 Å². The molecule has 0 saturated carbocycles. The fraction of sp³-hybridized carbons (Fsp3) is 0.278. The van der Waals surface area contributed by atoms with Gasteiger partial charge in [0.1, 0.15) is 0 Å². The second-order valence-electron chi connectivity index (χ2n) is 5.65. The maximum atomic E-state index is 6.51. The Kier molecular flexibility index (Phi) is 6.06. The van der Waals surface area contributed by atoms with Crippen LogP contribution in [0.2, 0.25) is 5.02 Å². The summed E-state index contributed by atoms with van der Waals surface area (Å²) in [6, 6.07) is 12.6. The molecule has 24 heavy (non-hydrogen) atoms. The van der Waals surface area contributed by atoms with E-state index in [-0.39, 0.29) is 12.4 Å². The van der Waals surface area contributed by atoms with Crippen molar-refractivity contribution in [1.82, 2.24) is 10.3 Å². The third-order valence-corrected chi connectivity index (χ3v) is 6.77. The molecule has 2 aromatic carbocycles. The number of fused-ring (bicyclic) bond motifs is 2. The first kappa shape index (κ1) is 18.0. The van der Waals surface area contributed by atoms with Gasteiger partial charge in [-0.1, -0.05) is 41.6 Å². The summed E-state index contributed by atoms with van der Waals surface area (Å²) in [5.74, 6) is 0.891. The van der Waals surface area contributed by atoms with E-state index in [4.69, 9.17) is 16.6 Å². The molecule has 6 heteroatoms. The Morgan fingerprint density at radius 2 is 1.96 bits per heavy atom. The van der Waals surface area contributed by atoms with Crippen LogP contribution in [0, 0.1) is 0 Å². The Balaban J connectivity index is 0.00000169. The lowest BCUT2D eigenvalue weighted by atomic mass is 9.98. The number of hydrogen-bond acceptors (Lipinski definition) is 4.